The van der Waals surface area contributed by atoms with Gasteiger partial charge in [0.05, 0.1) is 13.7 Å². The predicted molar refractivity (Wildman–Crippen MR) is 80.8 cm³/mol. The summed E-state index contributed by atoms with van der Waals surface area (Å²) in [4.78, 5) is 26.0. The fraction of sp³-hybridized carbons (Fsp3) is 0.875. The zero-order valence-electron chi connectivity index (χ0n) is 13.3. The smallest absolute Gasteiger partial charge is 0.323 e. The number of methoxy groups -OCH3 is 1. The van der Waals surface area contributed by atoms with Gasteiger partial charge in [-0.05, 0) is 51.0 Å². The maximum absolute atomic E-state index is 12.2. The van der Waals surface area contributed by atoms with E-state index in [9.17, 15) is 9.59 Å². The van der Waals surface area contributed by atoms with E-state index in [-0.39, 0.29) is 17.9 Å². The van der Waals surface area contributed by atoms with Crippen LogP contribution in [0.4, 0.5) is 0 Å². The number of nitrogens with one attached hydrogen (secondary N) is 1. The van der Waals surface area contributed by atoms with Gasteiger partial charge in [-0.25, -0.2) is 0 Å². The van der Waals surface area contributed by atoms with Gasteiger partial charge in [0.2, 0.25) is 5.91 Å². The number of carbonyl (C=O) groups excluding carboxylic acids is 2. The van der Waals surface area contributed by atoms with Crippen LogP contribution in [0.3, 0.4) is 0 Å². The largest absolute Gasteiger partial charge is 0.468 e. The second-order valence-corrected chi connectivity index (χ2v) is 6.53. The maximum atomic E-state index is 12.2. The average Bonchev–Trinajstić information content (AvgIpc) is 2.49. The van der Waals surface area contributed by atoms with Crippen molar-refractivity contribution < 1.29 is 14.3 Å². The third-order valence-corrected chi connectivity index (χ3v) is 4.81. The number of likely N-dealkylation sites (tertiary alicyclic amines) is 1. The van der Waals surface area contributed by atoms with Crippen LogP contribution in [0.25, 0.3) is 0 Å². The lowest BCUT2D eigenvalue weighted by molar-refractivity contribution is -0.148. The second kappa shape index (κ2) is 7.78. The van der Waals surface area contributed by atoms with Gasteiger partial charge in [-0.3, -0.25) is 14.5 Å². The molecule has 1 saturated carbocycles. The van der Waals surface area contributed by atoms with Gasteiger partial charge in [0.1, 0.15) is 6.04 Å². The van der Waals surface area contributed by atoms with Crippen molar-refractivity contribution in [1.82, 2.24) is 10.2 Å². The molecule has 21 heavy (non-hydrogen) atoms. The molecule has 1 N–H and O–H groups in total. The number of carbonyl (C=O) groups is 2. The van der Waals surface area contributed by atoms with E-state index in [0.717, 1.165) is 44.6 Å². The monoisotopic (exact) mass is 296 g/mol. The first-order chi connectivity index (χ1) is 10.1. The van der Waals surface area contributed by atoms with Crippen LogP contribution >= 0.6 is 0 Å². The molecule has 1 atom stereocenters. The highest BCUT2D eigenvalue weighted by Gasteiger charge is 2.31. The molecule has 0 unspecified atom stereocenters. The highest BCUT2D eigenvalue weighted by atomic mass is 16.5. The van der Waals surface area contributed by atoms with Crippen LogP contribution in [0.15, 0.2) is 0 Å². The summed E-state index contributed by atoms with van der Waals surface area (Å²) in [5.41, 5.74) is 0. The number of piperidine rings is 1. The third-order valence-electron chi connectivity index (χ3n) is 4.81. The van der Waals surface area contributed by atoms with Crippen molar-refractivity contribution in [2.45, 2.75) is 64.0 Å². The summed E-state index contributed by atoms with van der Waals surface area (Å²) in [6.45, 7) is 3.38. The first-order valence-electron chi connectivity index (χ1n) is 8.21. The number of ether oxygens (including phenoxy) is 1. The van der Waals surface area contributed by atoms with Crippen molar-refractivity contribution >= 4 is 11.9 Å². The molecule has 1 aliphatic heterocycles. The number of amides is 1. The van der Waals surface area contributed by atoms with Crippen LogP contribution < -0.4 is 5.32 Å². The molecule has 0 spiro atoms. The normalized spacial score (nSPS) is 30.7. The molecule has 0 aromatic carbocycles. The SMILES string of the molecule is COC(=O)[C@H]1CCCCN1CC(=O)NC1CCC(C)CC1. The molecule has 1 amide bonds. The highest BCUT2D eigenvalue weighted by molar-refractivity contribution is 5.80. The third kappa shape index (κ3) is 4.70. The lowest BCUT2D eigenvalue weighted by Gasteiger charge is -2.34. The molecule has 0 radical (unpaired) electrons. The summed E-state index contributed by atoms with van der Waals surface area (Å²) in [6, 6.07) is 0.0657. The van der Waals surface area contributed by atoms with Crippen LogP contribution in [-0.4, -0.2) is 49.1 Å². The molecule has 0 aromatic heterocycles. The van der Waals surface area contributed by atoms with E-state index >= 15 is 0 Å². The first kappa shape index (κ1) is 16.3. The van der Waals surface area contributed by atoms with E-state index < -0.39 is 0 Å². The van der Waals surface area contributed by atoms with Crippen LogP contribution in [0.2, 0.25) is 0 Å². The Hall–Kier alpha value is -1.10. The highest BCUT2D eigenvalue weighted by Crippen LogP contribution is 2.23. The number of nitrogens with zero attached hydrogens (tertiary/aromatic N) is 1. The first-order valence-corrected chi connectivity index (χ1v) is 8.21. The minimum Gasteiger partial charge on any atom is -0.468 e. The van der Waals surface area contributed by atoms with Gasteiger partial charge in [-0.15, -0.1) is 0 Å². The van der Waals surface area contributed by atoms with Gasteiger partial charge >= 0.3 is 5.97 Å². The van der Waals surface area contributed by atoms with Crippen LogP contribution in [0, 0.1) is 5.92 Å². The van der Waals surface area contributed by atoms with Crippen molar-refractivity contribution in [2.24, 2.45) is 5.92 Å². The quantitative estimate of drug-likeness (QED) is 0.802. The molecule has 1 heterocycles. The van der Waals surface area contributed by atoms with Gasteiger partial charge < -0.3 is 10.1 Å². The van der Waals surface area contributed by atoms with Crippen LogP contribution in [0.1, 0.15) is 51.9 Å². The number of esters is 1. The fourth-order valence-corrected chi connectivity index (χ4v) is 3.45. The predicted octanol–water partition coefficient (Wildman–Crippen LogP) is 1.71. The molecule has 2 aliphatic rings. The lowest BCUT2D eigenvalue weighted by Crippen LogP contribution is -2.51. The molecule has 2 rings (SSSR count). The molecule has 0 bridgehead atoms. The summed E-state index contributed by atoms with van der Waals surface area (Å²) < 4.78 is 4.85. The Morgan fingerprint density at radius 1 is 1.14 bits per heavy atom. The van der Waals surface area contributed by atoms with Gasteiger partial charge in [-0.1, -0.05) is 13.3 Å². The molecule has 1 saturated heterocycles. The van der Waals surface area contributed by atoms with E-state index in [1.807, 2.05) is 4.90 Å². The molecule has 1 aliphatic carbocycles. The van der Waals surface area contributed by atoms with Gasteiger partial charge in [-0.2, -0.15) is 0 Å². The summed E-state index contributed by atoms with van der Waals surface area (Å²) in [6.07, 6.45) is 7.40. The molecule has 2 fully saturated rings. The summed E-state index contributed by atoms with van der Waals surface area (Å²) >= 11 is 0. The number of rotatable bonds is 4. The zero-order chi connectivity index (χ0) is 15.2. The van der Waals surface area contributed by atoms with Gasteiger partial charge in [0, 0.05) is 6.04 Å². The lowest BCUT2D eigenvalue weighted by atomic mass is 9.87. The van der Waals surface area contributed by atoms with Crippen LogP contribution in [-0.2, 0) is 14.3 Å². The number of hydrogen-bond acceptors (Lipinski definition) is 4. The van der Waals surface area contributed by atoms with E-state index in [1.54, 1.807) is 0 Å². The van der Waals surface area contributed by atoms with Crippen molar-refractivity contribution in [1.29, 1.82) is 0 Å². The minimum atomic E-state index is -0.249. The van der Waals surface area contributed by atoms with Crippen molar-refractivity contribution in [3.63, 3.8) is 0 Å². The van der Waals surface area contributed by atoms with E-state index in [1.165, 1.54) is 20.0 Å². The zero-order valence-corrected chi connectivity index (χ0v) is 13.3. The Morgan fingerprint density at radius 3 is 2.52 bits per heavy atom. The molecular weight excluding hydrogens is 268 g/mol. The Kier molecular flexibility index (Phi) is 6.03. The maximum Gasteiger partial charge on any atom is 0.323 e. The standard InChI is InChI=1S/C16H28N2O3/c1-12-6-8-13(9-7-12)17-15(19)11-18-10-4-3-5-14(18)16(20)21-2/h12-14H,3-11H2,1-2H3,(H,17,19)/t12?,13?,14-/m1/s1. The Labute approximate surface area is 127 Å². The second-order valence-electron chi connectivity index (χ2n) is 6.53. The molecule has 5 nitrogen and oxygen atoms in total. The summed E-state index contributed by atoms with van der Waals surface area (Å²) in [5.74, 6) is 0.614. The Bertz CT molecular complexity index is 365. The van der Waals surface area contributed by atoms with Gasteiger partial charge in [0.15, 0.2) is 0 Å². The molecule has 5 heteroatoms. The molecule has 0 aromatic rings. The van der Waals surface area contributed by atoms with Crippen molar-refractivity contribution in [2.75, 3.05) is 20.2 Å². The van der Waals surface area contributed by atoms with Gasteiger partial charge in [0.25, 0.3) is 0 Å². The fourth-order valence-electron chi connectivity index (χ4n) is 3.45. The topological polar surface area (TPSA) is 58.6 Å². The summed E-state index contributed by atoms with van der Waals surface area (Å²) in [7, 11) is 1.42. The van der Waals surface area contributed by atoms with Crippen molar-refractivity contribution in [3.8, 4) is 0 Å². The average molecular weight is 296 g/mol. The van der Waals surface area contributed by atoms with Crippen LogP contribution in [0.5, 0.6) is 0 Å². The Balaban J connectivity index is 1.81. The van der Waals surface area contributed by atoms with E-state index in [4.69, 9.17) is 4.74 Å². The minimum absolute atomic E-state index is 0.0466. The summed E-state index contributed by atoms with van der Waals surface area (Å²) in [5, 5.41) is 3.13. The number of hydrogen-bond donors (Lipinski definition) is 1. The Morgan fingerprint density at radius 2 is 1.86 bits per heavy atom. The van der Waals surface area contributed by atoms with E-state index in [2.05, 4.69) is 12.2 Å². The van der Waals surface area contributed by atoms with E-state index in [0.29, 0.717) is 12.6 Å². The van der Waals surface area contributed by atoms with Crippen molar-refractivity contribution in [3.05, 3.63) is 0 Å². The molecule has 120 valence electrons. The molecular formula is C16H28N2O3.